The number of likely N-dealkylation sites (tertiary alicyclic amines) is 1. The van der Waals surface area contributed by atoms with Crippen LogP contribution in [-0.2, 0) is 11.3 Å². The summed E-state index contributed by atoms with van der Waals surface area (Å²) in [6.45, 7) is 5.27. The Balaban J connectivity index is 2.01. The standard InChI is InChI=1S/C13H20N2O/c1-10-3-4-12(14)7-11(10)8-15-6-5-13(9-15)16-2/h3-4,7,13H,5-6,8-9,14H2,1-2H3. The number of nitrogens with two attached hydrogens (primary N) is 1. The van der Waals surface area contributed by atoms with Crippen LogP contribution in [0.25, 0.3) is 0 Å². The predicted molar refractivity (Wildman–Crippen MR) is 66.3 cm³/mol. The minimum Gasteiger partial charge on any atom is -0.399 e. The summed E-state index contributed by atoms with van der Waals surface area (Å²) < 4.78 is 5.37. The SMILES string of the molecule is COC1CCN(Cc2cc(N)ccc2C)C1. The molecule has 1 saturated heterocycles. The zero-order valence-electron chi connectivity index (χ0n) is 10.1. The van der Waals surface area contributed by atoms with Crippen LogP contribution < -0.4 is 5.73 Å². The lowest BCUT2D eigenvalue weighted by atomic mass is 10.1. The highest BCUT2D eigenvalue weighted by molar-refractivity contribution is 5.44. The first-order chi connectivity index (χ1) is 7.69. The molecule has 88 valence electrons. The molecule has 0 saturated carbocycles. The third kappa shape index (κ3) is 2.54. The van der Waals surface area contributed by atoms with Gasteiger partial charge in [-0.1, -0.05) is 6.07 Å². The summed E-state index contributed by atoms with van der Waals surface area (Å²) in [6, 6.07) is 6.13. The number of nitrogen functional groups attached to an aromatic ring is 1. The number of aryl methyl sites for hydroxylation is 1. The first-order valence-electron chi connectivity index (χ1n) is 5.79. The molecule has 1 fully saturated rings. The van der Waals surface area contributed by atoms with Gasteiger partial charge in [0.1, 0.15) is 0 Å². The number of anilines is 1. The highest BCUT2D eigenvalue weighted by Gasteiger charge is 2.22. The van der Waals surface area contributed by atoms with E-state index in [0.29, 0.717) is 6.10 Å². The predicted octanol–water partition coefficient (Wildman–Crippen LogP) is 1.80. The van der Waals surface area contributed by atoms with Crippen LogP contribution in [0.1, 0.15) is 17.5 Å². The number of rotatable bonds is 3. The van der Waals surface area contributed by atoms with Crippen LogP contribution in [0.3, 0.4) is 0 Å². The van der Waals surface area contributed by atoms with Gasteiger partial charge in [0, 0.05) is 32.4 Å². The van der Waals surface area contributed by atoms with E-state index in [0.717, 1.165) is 31.7 Å². The Morgan fingerprint density at radius 1 is 1.50 bits per heavy atom. The molecule has 0 aromatic heterocycles. The Labute approximate surface area is 97.2 Å². The topological polar surface area (TPSA) is 38.5 Å². The molecule has 1 aromatic carbocycles. The van der Waals surface area contributed by atoms with Gasteiger partial charge in [-0.3, -0.25) is 4.90 Å². The van der Waals surface area contributed by atoms with Crippen molar-refractivity contribution in [2.24, 2.45) is 0 Å². The molecule has 0 bridgehead atoms. The Bertz CT molecular complexity index is 365. The molecule has 1 aliphatic heterocycles. The Morgan fingerprint density at radius 2 is 2.31 bits per heavy atom. The molecule has 0 radical (unpaired) electrons. The number of methoxy groups -OCH3 is 1. The quantitative estimate of drug-likeness (QED) is 0.789. The maximum atomic E-state index is 5.81. The average Bonchev–Trinajstić information content (AvgIpc) is 2.71. The molecule has 1 unspecified atom stereocenters. The second kappa shape index (κ2) is 4.85. The van der Waals surface area contributed by atoms with Gasteiger partial charge in [-0.15, -0.1) is 0 Å². The fraction of sp³-hybridized carbons (Fsp3) is 0.538. The average molecular weight is 220 g/mol. The lowest BCUT2D eigenvalue weighted by molar-refractivity contribution is 0.107. The number of hydrogen-bond donors (Lipinski definition) is 1. The fourth-order valence-electron chi connectivity index (χ4n) is 2.24. The summed E-state index contributed by atoms with van der Waals surface area (Å²) in [5.74, 6) is 0. The van der Waals surface area contributed by atoms with Crippen LogP contribution in [0.15, 0.2) is 18.2 Å². The van der Waals surface area contributed by atoms with Gasteiger partial charge in [0.15, 0.2) is 0 Å². The van der Waals surface area contributed by atoms with Gasteiger partial charge in [0.2, 0.25) is 0 Å². The van der Waals surface area contributed by atoms with E-state index >= 15 is 0 Å². The molecule has 1 aromatic rings. The van der Waals surface area contributed by atoms with E-state index in [4.69, 9.17) is 10.5 Å². The van der Waals surface area contributed by atoms with E-state index in [-0.39, 0.29) is 0 Å². The molecule has 0 spiro atoms. The first kappa shape index (κ1) is 11.4. The number of hydrogen-bond acceptors (Lipinski definition) is 3. The van der Waals surface area contributed by atoms with E-state index in [1.54, 1.807) is 7.11 Å². The second-order valence-corrected chi connectivity index (χ2v) is 4.57. The normalized spacial score (nSPS) is 21.5. The Morgan fingerprint density at radius 3 is 3.00 bits per heavy atom. The fourth-order valence-corrected chi connectivity index (χ4v) is 2.24. The number of benzene rings is 1. The maximum Gasteiger partial charge on any atom is 0.0710 e. The van der Waals surface area contributed by atoms with Crippen molar-refractivity contribution in [3.05, 3.63) is 29.3 Å². The molecule has 2 N–H and O–H groups in total. The lowest BCUT2D eigenvalue weighted by Gasteiger charge is -2.17. The third-order valence-corrected chi connectivity index (χ3v) is 3.33. The molecule has 1 atom stereocenters. The van der Waals surface area contributed by atoms with Gasteiger partial charge in [0.05, 0.1) is 6.10 Å². The Kier molecular flexibility index (Phi) is 3.46. The van der Waals surface area contributed by atoms with Gasteiger partial charge >= 0.3 is 0 Å². The Hall–Kier alpha value is -1.06. The van der Waals surface area contributed by atoms with Gasteiger partial charge < -0.3 is 10.5 Å². The molecule has 0 aliphatic carbocycles. The molecule has 1 heterocycles. The van der Waals surface area contributed by atoms with E-state index in [2.05, 4.69) is 24.0 Å². The van der Waals surface area contributed by atoms with Crippen molar-refractivity contribution in [3.63, 3.8) is 0 Å². The first-order valence-corrected chi connectivity index (χ1v) is 5.79. The summed E-state index contributed by atoms with van der Waals surface area (Å²) in [5.41, 5.74) is 9.31. The molecular weight excluding hydrogens is 200 g/mol. The van der Waals surface area contributed by atoms with Crippen molar-refractivity contribution in [1.82, 2.24) is 4.90 Å². The number of ether oxygens (including phenoxy) is 1. The van der Waals surface area contributed by atoms with Gasteiger partial charge in [0.25, 0.3) is 0 Å². The van der Waals surface area contributed by atoms with Crippen LogP contribution in [0.2, 0.25) is 0 Å². The summed E-state index contributed by atoms with van der Waals surface area (Å²) >= 11 is 0. The van der Waals surface area contributed by atoms with Gasteiger partial charge in [-0.25, -0.2) is 0 Å². The van der Waals surface area contributed by atoms with Crippen LogP contribution >= 0.6 is 0 Å². The van der Waals surface area contributed by atoms with Crippen molar-refractivity contribution in [2.75, 3.05) is 25.9 Å². The number of nitrogens with zero attached hydrogens (tertiary/aromatic N) is 1. The molecule has 0 amide bonds. The van der Waals surface area contributed by atoms with Crippen LogP contribution in [-0.4, -0.2) is 31.2 Å². The van der Waals surface area contributed by atoms with Crippen LogP contribution in [0, 0.1) is 6.92 Å². The van der Waals surface area contributed by atoms with E-state index < -0.39 is 0 Å². The van der Waals surface area contributed by atoms with E-state index in [1.165, 1.54) is 11.1 Å². The molecule has 3 heteroatoms. The summed E-state index contributed by atoms with van der Waals surface area (Å²) in [5, 5.41) is 0. The van der Waals surface area contributed by atoms with Crippen molar-refractivity contribution in [2.45, 2.75) is 26.0 Å². The maximum absolute atomic E-state index is 5.81. The largest absolute Gasteiger partial charge is 0.399 e. The molecule has 2 rings (SSSR count). The van der Waals surface area contributed by atoms with E-state index in [1.807, 2.05) is 6.07 Å². The molecular formula is C13H20N2O. The van der Waals surface area contributed by atoms with E-state index in [9.17, 15) is 0 Å². The molecule has 1 aliphatic rings. The minimum absolute atomic E-state index is 0.404. The van der Waals surface area contributed by atoms with Crippen molar-refractivity contribution >= 4 is 5.69 Å². The van der Waals surface area contributed by atoms with Crippen molar-refractivity contribution < 1.29 is 4.74 Å². The molecule has 16 heavy (non-hydrogen) atoms. The van der Waals surface area contributed by atoms with Crippen LogP contribution in [0.5, 0.6) is 0 Å². The summed E-state index contributed by atoms with van der Waals surface area (Å²) in [6.07, 6.45) is 1.54. The summed E-state index contributed by atoms with van der Waals surface area (Å²) in [4.78, 5) is 2.43. The van der Waals surface area contributed by atoms with Crippen molar-refractivity contribution in [3.8, 4) is 0 Å². The molecule has 3 nitrogen and oxygen atoms in total. The van der Waals surface area contributed by atoms with Gasteiger partial charge in [-0.2, -0.15) is 0 Å². The van der Waals surface area contributed by atoms with Crippen molar-refractivity contribution in [1.29, 1.82) is 0 Å². The second-order valence-electron chi connectivity index (χ2n) is 4.57. The summed E-state index contributed by atoms with van der Waals surface area (Å²) in [7, 11) is 1.79. The smallest absolute Gasteiger partial charge is 0.0710 e. The van der Waals surface area contributed by atoms with Gasteiger partial charge in [-0.05, 0) is 36.6 Å². The monoisotopic (exact) mass is 220 g/mol. The van der Waals surface area contributed by atoms with Crippen LogP contribution in [0.4, 0.5) is 5.69 Å². The zero-order valence-corrected chi connectivity index (χ0v) is 10.1. The zero-order chi connectivity index (χ0) is 11.5. The third-order valence-electron chi connectivity index (χ3n) is 3.33. The highest BCUT2D eigenvalue weighted by atomic mass is 16.5. The minimum atomic E-state index is 0.404. The lowest BCUT2D eigenvalue weighted by Crippen LogP contribution is -2.22. The highest BCUT2D eigenvalue weighted by Crippen LogP contribution is 2.19.